The van der Waals surface area contributed by atoms with E-state index in [0.29, 0.717) is 23.9 Å². The highest BCUT2D eigenvalue weighted by Gasteiger charge is 2.08. The third-order valence-corrected chi connectivity index (χ3v) is 3.54. The smallest absolute Gasteiger partial charge is 0.137 e. The molecule has 0 fully saturated rings. The maximum atomic E-state index is 13.7. The van der Waals surface area contributed by atoms with E-state index >= 15 is 0 Å². The van der Waals surface area contributed by atoms with Gasteiger partial charge in [-0.25, -0.2) is 4.39 Å². The minimum Gasteiger partial charge on any atom is -0.396 e. The number of aliphatic hydroxyl groups is 1. The fourth-order valence-corrected chi connectivity index (χ4v) is 2.42. The van der Waals surface area contributed by atoms with Crippen molar-refractivity contribution < 1.29 is 9.50 Å². The highest BCUT2D eigenvalue weighted by Crippen LogP contribution is 2.26. The van der Waals surface area contributed by atoms with E-state index in [1.807, 2.05) is 6.07 Å². The van der Waals surface area contributed by atoms with Crippen molar-refractivity contribution in [1.29, 1.82) is 0 Å². The Balaban J connectivity index is 2.69. The van der Waals surface area contributed by atoms with E-state index in [9.17, 15) is 4.39 Å². The molecule has 0 radical (unpaired) electrons. The molecule has 0 aliphatic carbocycles. The summed E-state index contributed by atoms with van der Waals surface area (Å²) in [6.07, 6.45) is 0.691. The number of nitrogens with one attached hydrogen (secondary N) is 1. The molecule has 0 unspecified atom stereocenters. The first kappa shape index (κ1) is 14.5. The lowest BCUT2D eigenvalue weighted by molar-refractivity contribution is 0.296. The van der Waals surface area contributed by atoms with Crippen LogP contribution in [0.1, 0.15) is 25.8 Å². The first-order valence-electron chi connectivity index (χ1n) is 5.89. The van der Waals surface area contributed by atoms with Gasteiger partial charge in [-0.2, -0.15) is 0 Å². The summed E-state index contributed by atoms with van der Waals surface area (Å²) in [4.78, 5) is 0.703. The molecular formula is C13H20FNOS. The summed E-state index contributed by atoms with van der Waals surface area (Å²) in [6, 6.07) is 5.55. The second-order valence-corrected chi connectivity index (χ2v) is 5.29. The van der Waals surface area contributed by atoms with Crippen molar-refractivity contribution in [3.8, 4) is 0 Å². The van der Waals surface area contributed by atoms with Gasteiger partial charge in [-0.3, -0.25) is 0 Å². The van der Waals surface area contributed by atoms with Gasteiger partial charge >= 0.3 is 0 Å². The largest absolute Gasteiger partial charge is 0.396 e. The molecule has 0 atom stereocenters. The first-order valence-corrected chi connectivity index (χ1v) is 6.88. The SMILES string of the molecule is CC(C)NCc1cccc(F)c1SCCCO. The van der Waals surface area contributed by atoms with Crippen LogP contribution >= 0.6 is 11.8 Å². The van der Waals surface area contributed by atoms with Gasteiger partial charge in [-0.15, -0.1) is 11.8 Å². The van der Waals surface area contributed by atoms with Crippen molar-refractivity contribution >= 4 is 11.8 Å². The van der Waals surface area contributed by atoms with Crippen molar-refractivity contribution in [3.05, 3.63) is 29.6 Å². The van der Waals surface area contributed by atoms with Crippen LogP contribution in [-0.2, 0) is 6.54 Å². The molecule has 2 nitrogen and oxygen atoms in total. The second-order valence-electron chi connectivity index (χ2n) is 4.19. The molecule has 0 amide bonds. The van der Waals surface area contributed by atoms with Crippen molar-refractivity contribution in [2.24, 2.45) is 0 Å². The zero-order valence-electron chi connectivity index (χ0n) is 10.4. The number of benzene rings is 1. The van der Waals surface area contributed by atoms with Crippen LogP contribution in [0.4, 0.5) is 4.39 Å². The third-order valence-electron chi connectivity index (χ3n) is 2.30. The van der Waals surface area contributed by atoms with Gasteiger partial charge < -0.3 is 10.4 Å². The Morgan fingerprint density at radius 3 is 2.82 bits per heavy atom. The Labute approximate surface area is 107 Å². The van der Waals surface area contributed by atoms with Crippen molar-refractivity contribution in [3.63, 3.8) is 0 Å². The normalized spacial score (nSPS) is 11.1. The Bertz CT molecular complexity index is 344. The lowest BCUT2D eigenvalue weighted by Gasteiger charge is -2.12. The van der Waals surface area contributed by atoms with Crippen LogP contribution < -0.4 is 5.32 Å². The summed E-state index contributed by atoms with van der Waals surface area (Å²) in [7, 11) is 0. The quantitative estimate of drug-likeness (QED) is 0.582. The number of hydrogen-bond donors (Lipinski definition) is 2. The molecule has 2 N–H and O–H groups in total. The fourth-order valence-electron chi connectivity index (χ4n) is 1.41. The average Bonchev–Trinajstić information content (AvgIpc) is 2.29. The maximum Gasteiger partial charge on any atom is 0.137 e. The molecule has 0 saturated carbocycles. The molecule has 0 saturated heterocycles. The maximum absolute atomic E-state index is 13.7. The van der Waals surface area contributed by atoms with Crippen molar-refractivity contribution in [2.75, 3.05) is 12.4 Å². The zero-order valence-corrected chi connectivity index (χ0v) is 11.2. The molecular weight excluding hydrogens is 237 g/mol. The van der Waals surface area contributed by atoms with Crippen molar-refractivity contribution in [1.82, 2.24) is 5.32 Å². The number of halogens is 1. The van der Waals surface area contributed by atoms with Gasteiger partial charge in [0.05, 0.1) is 0 Å². The van der Waals surface area contributed by atoms with Gasteiger partial charge in [-0.05, 0) is 18.1 Å². The Kier molecular flexibility index (Phi) is 6.55. The minimum atomic E-state index is -0.170. The van der Waals surface area contributed by atoms with Gasteiger partial charge in [0, 0.05) is 29.8 Å². The molecule has 1 aromatic rings. The van der Waals surface area contributed by atoms with E-state index in [0.717, 1.165) is 11.3 Å². The van der Waals surface area contributed by atoms with E-state index in [-0.39, 0.29) is 12.4 Å². The summed E-state index contributed by atoms with van der Waals surface area (Å²) in [5, 5.41) is 12.0. The van der Waals surface area contributed by atoms with Crippen LogP contribution in [0.15, 0.2) is 23.1 Å². The third kappa shape index (κ3) is 5.06. The van der Waals surface area contributed by atoms with Gasteiger partial charge in [0.2, 0.25) is 0 Å². The molecule has 0 bridgehead atoms. The molecule has 0 aromatic heterocycles. The molecule has 0 aliphatic rings. The van der Waals surface area contributed by atoms with Crippen LogP contribution in [0, 0.1) is 5.82 Å². The molecule has 0 spiro atoms. The molecule has 17 heavy (non-hydrogen) atoms. The molecule has 96 valence electrons. The number of rotatable bonds is 7. The molecule has 4 heteroatoms. The summed E-state index contributed by atoms with van der Waals surface area (Å²) < 4.78 is 13.7. The molecule has 0 aliphatic heterocycles. The fraction of sp³-hybridized carbons (Fsp3) is 0.538. The monoisotopic (exact) mass is 257 g/mol. The van der Waals surface area contributed by atoms with Crippen LogP contribution in [0.2, 0.25) is 0 Å². The number of thioether (sulfide) groups is 1. The molecule has 1 rings (SSSR count). The van der Waals surface area contributed by atoms with Crippen molar-refractivity contribution in [2.45, 2.75) is 37.8 Å². The van der Waals surface area contributed by atoms with Crippen LogP contribution in [-0.4, -0.2) is 23.5 Å². The van der Waals surface area contributed by atoms with Gasteiger partial charge in [0.25, 0.3) is 0 Å². The average molecular weight is 257 g/mol. The Morgan fingerprint density at radius 1 is 1.41 bits per heavy atom. The van der Waals surface area contributed by atoms with Gasteiger partial charge in [-0.1, -0.05) is 26.0 Å². The Morgan fingerprint density at radius 2 is 2.18 bits per heavy atom. The zero-order chi connectivity index (χ0) is 12.7. The summed E-state index contributed by atoms with van der Waals surface area (Å²) in [6.45, 7) is 4.97. The first-order chi connectivity index (χ1) is 8.15. The lowest BCUT2D eigenvalue weighted by atomic mass is 10.2. The topological polar surface area (TPSA) is 32.3 Å². The second kappa shape index (κ2) is 7.69. The van der Waals surface area contributed by atoms with E-state index in [1.165, 1.54) is 17.8 Å². The van der Waals surface area contributed by atoms with E-state index < -0.39 is 0 Å². The number of aliphatic hydroxyl groups excluding tert-OH is 1. The van der Waals surface area contributed by atoms with Crippen LogP contribution in [0.5, 0.6) is 0 Å². The van der Waals surface area contributed by atoms with Crippen LogP contribution in [0.25, 0.3) is 0 Å². The highest BCUT2D eigenvalue weighted by molar-refractivity contribution is 7.99. The van der Waals surface area contributed by atoms with E-state index in [2.05, 4.69) is 19.2 Å². The molecule has 0 heterocycles. The van der Waals surface area contributed by atoms with Crippen LogP contribution in [0.3, 0.4) is 0 Å². The van der Waals surface area contributed by atoms with Gasteiger partial charge in [0.15, 0.2) is 0 Å². The summed E-state index contributed by atoms with van der Waals surface area (Å²) in [5.41, 5.74) is 0.988. The predicted octanol–water partition coefficient (Wildman–Crippen LogP) is 2.80. The van der Waals surface area contributed by atoms with E-state index in [4.69, 9.17) is 5.11 Å². The summed E-state index contributed by atoms with van der Waals surface area (Å²) >= 11 is 1.47. The molecule has 1 aromatic carbocycles. The predicted molar refractivity (Wildman–Crippen MR) is 70.8 cm³/mol. The number of hydrogen-bond acceptors (Lipinski definition) is 3. The lowest BCUT2D eigenvalue weighted by Crippen LogP contribution is -2.22. The van der Waals surface area contributed by atoms with Gasteiger partial charge in [0.1, 0.15) is 5.82 Å². The summed E-state index contributed by atoms with van der Waals surface area (Å²) in [5.74, 6) is 0.572. The standard InChI is InChI=1S/C13H20FNOS/c1-10(2)15-9-11-5-3-6-12(14)13(11)17-8-4-7-16/h3,5-6,10,15-16H,4,7-9H2,1-2H3. The van der Waals surface area contributed by atoms with E-state index in [1.54, 1.807) is 6.07 Å². The Hall–Kier alpha value is -0.580. The highest BCUT2D eigenvalue weighted by atomic mass is 32.2. The minimum absolute atomic E-state index is 0.154.